The van der Waals surface area contributed by atoms with Crippen molar-refractivity contribution in [2.24, 2.45) is 0 Å². The lowest BCUT2D eigenvalue weighted by atomic mass is 10.3. The summed E-state index contributed by atoms with van der Waals surface area (Å²) in [5, 5.41) is 0. The van der Waals surface area contributed by atoms with Gasteiger partial charge in [-0.15, -0.1) is 6.42 Å². The molecule has 1 rings (SSSR count). The molecule has 0 saturated carbocycles. The van der Waals surface area contributed by atoms with E-state index in [0.717, 1.165) is 6.07 Å². The van der Waals surface area contributed by atoms with Crippen molar-refractivity contribution in [1.82, 2.24) is 4.72 Å². The Bertz CT molecular complexity index is 505. The molecule has 0 bridgehead atoms. The second-order valence-electron chi connectivity index (χ2n) is 3.18. The Labute approximate surface area is 94.7 Å². The summed E-state index contributed by atoms with van der Waals surface area (Å²) in [7, 11) is -3.88. The topological polar surface area (TPSA) is 46.2 Å². The maximum atomic E-state index is 13.3. The first-order chi connectivity index (χ1) is 7.51. The molecule has 86 valence electrons. The molecule has 0 aliphatic rings. The Balaban J connectivity index is 3.05. The van der Waals surface area contributed by atoms with Crippen molar-refractivity contribution in [3.8, 4) is 12.3 Å². The van der Waals surface area contributed by atoms with Gasteiger partial charge in [-0.25, -0.2) is 12.8 Å². The van der Waals surface area contributed by atoms with Crippen molar-refractivity contribution in [2.75, 3.05) is 0 Å². The van der Waals surface area contributed by atoms with Gasteiger partial charge in [-0.05, 0) is 18.6 Å². The number of terminal acetylenes is 1. The van der Waals surface area contributed by atoms with Crippen molar-refractivity contribution in [3.05, 3.63) is 30.1 Å². The van der Waals surface area contributed by atoms with Gasteiger partial charge in [0.05, 0.1) is 6.04 Å². The Morgan fingerprint density at radius 1 is 1.50 bits per heavy atom. The Morgan fingerprint density at radius 3 is 2.62 bits per heavy atom. The van der Waals surface area contributed by atoms with E-state index in [1.165, 1.54) is 18.2 Å². The molecule has 0 saturated heterocycles. The molecule has 0 radical (unpaired) electrons. The number of halogens is 1. The van der Waals surface area contributed by atoms with Crippen molar-refractivity contribution in [3.63, 3.8) is 0 Å². The summed E-state index contributed by atoms with van der Waals surface area (Å²) in [5.41, 5.74) is 0. The Kier molecular flexibility index (Phi) is 4.05. The van der Waals surface area contributed by atoms with E-state index in [4.69, 9.17) is 6.42 Å². The average molecular weight is 241 g/mol. The zero-order valence-electron chi connectivity index (χ0n) is 8.77. The predicted molar refractivity (Wildman–Crippen MR) is 59.6 cm³/mol. The molecule has 1 atom stereocenters. The van der Waals surface area contributed by atoms with Crippen molar-refractivity contribution < 1.29 is 12.8 Å². The summed E-state index contributed by atoms with van der Waals surface area (Å²) in [4.78, 5) is -0.385. The highest BCUT2D eigenvalue weighted by Crippen LogP contribution is 2.13. The van der Waals surface area contributed by atoms with Crippen LogP contribution in [-0.2, 0) is 10.0 Å². The van der Waals surface area contributed by atoms with Crippen LogP contribution in [0.15, 0.2) is 29.2 Å². The molecule has 0 aliphatic heterocycles. The molecule has 5 heteroatoms. The van der Waals surface area contributed by atoms with Gasteiger partial charge < -0.3 is 0 Å². The predicted octanol–water partition coefficient (Wildman–Crippen LogP) is 1.52. The number of rotatable bonds is 4. The van der Waals surface area contributed by atoms with Gasteiger partial charge in [0.2, 0.25) is 10.0 Å². The minimum atomic E-state index is -3.88. The third kappa shape index (κ3) is 2.81. The van der Waals surface area contributed by atoms with E-state index in [0.29, 0.717) is 6.42 Å². The molecule has 16 heavy (non-hydrogen) atoms. The Morgan fingerprint density at radius 2 is 2.12 bits per heavy atom. The number of nitrogens with one attached hydrogen (secondary N) is 1. The van der Waals surface area contributed by atoms with E-state index in [1.54, 1.807) is 6.92 Å². The molecule has 0 amide bonds. The lowest BCUT2D eigenvalue weighted by Gasteiger charge is -2.11. The first-order valence-electron chi connectivity index (χ1n) is 4.74. The fourth-order valence-electron chi connectivity index (χ4n) is 1.15. The summed E-state index contributed by atoms with van der Waals surface area (Å²) < 4.78 is 39.0. The van der Waals surface area contributed by atoms with Crippen LogP contribution in [0.25, 0.3) is 0 Å². The van der Waals surface area contributed by atoms with Gasteiger partial charge in [-0.2, -0.15) is 4.72 Å². The summed E-state index contributed by atoms with van der Waals surface area (Å²) in [6.45, 7) is 1.74. The quantitative estimate of drug-likeness (QED) is 0.812. The largest absolute Gasteiger partial charge is 0.244 e. The summed E-state index contributed by atoms with van der Waals surface area (Å²) in [6, 6.07) is 4.54. The summed E-state index contributed by atoms with van der Waals surface area (Å²) >= 11 is 0. The van der Waals surface area contributed by atoms with Crippen LogP contribution in [0.1, 0.15) is 13.3 Å². The van der Waals surface area contributed by atoms with E-state index in [1.807, 2.05) is 0 Å². The number of hydrogen-bond donors (Lipinski definition) is 1. The van der Waals surface area contributed by atoms with Gasteiger partial charge in [-0.1, -0.05) is 25.0 Å². The molecular formula is C11H12FNO2S. The van der Waals surface area contributed by atoms with Crippen molar-refractivity contribution in [2.45, 2.75) is 24.3 Å². The van der Waals surface area contributed by atoms with Gasteiger partial charge >= 0.3 is 0 Å². The lowest BCUT2D eigenvalue weighted by Crippen LogP contribution is -2.33. The zero-order valence-corrected chi connectivity index (χ0v) is 9.59. The van der Waals surface area contributed by atoms with Crippen LogP contribution in [-0.4, -0.2) is 14.5 Å². The molecule has 1 aromatic carbocycles. The summed E-state index contributed by atoms with van der Waals surface area (Å²) in [6.07, 6.45) is 5.58. The normalized spacial score (nSPS) is 13.1. The standard InChI is InChI=1S/C11H12FNO2S/c1-3-9(4-2)13-16(14,15)11-8-6-5-7-10(11)12/h1,5-9,13H,4H2,2H3. The molecule has 1 aromatic rings. The second-order valence-corrected chi connectivity index (χ2v) is 4.86. The highest BCUT2D eigenvalue weighted by Gasteiger charge is 2.20. The molecule has 1 unspecified atom stereocenters. The molecular weight excluding hydrogens is 229 g/mol. The van der Waals surface area contributed by atoms with Gasteiger partial charge in [0.15, 0.2) is 0 Å². The molecule has 0 heterocycles. The first-order valence-corrected chi connectivity index (χ1v) is 6.22. The molecule has 0 aromatic heterocycles. The van der Waals surface area contributed by atoms with Crippen LogP contribution in [0, 0.1) is 18.2 Å². The van der Waals surface area contributed by atoms with E-state index >= 15 is 0 Å². The minimum absolute atomic E-state index is 0.385. The van der Waals surface area contributed by atoms with Crippen LogP contribution in [0.2, 0.25) is 0 Å². The highest BCUT2D eigenvalue weighted by atomic mass is 32.2. The lowest BCUT2D eigenvalue weighted by molar-refractivity contribution is 0.549. The van der Waals surface area contributed by atoms with Crippen LogP contribution >= 0.6 is 0 Å². The smallest absolute Gasteiger partial charge is 0.207 e. The van der Waals surface area contributed by atoms with Gasteiger partial charge in [-0.3, -0.25) is 0 Å². The third-order valence-corrected chi connectivity index (χ3v) is 3.54. The van der Waals surface area contributed by atoms with E-state index in [-0.39, 0.29) is 4.90 Å². The van der Waals surface area contributed by atoms with Crippen LogP contribution in [0.3, 0.4) is 0 Å². The SMILES string of the molecule is C#CC(CC)NS(=O)(=O)c1ccccc1F. The molecule has 0 aliphatic carbocycles. The maximum absolute atomic E-state index is 13.3. The minimum Gasteiger partial charge on any atom is -0.207 e. The highest BCUT2D eigenvalue weighted by molar-refractivity contribution is 7.89. The fraction of sp³-hybridized carbons (Fsp3) is 0.273. The van der Waals surface area contributed by atoms with Gasteiger partial charge in [0, 0.05) is 0 Å². The number of sulfonamides is 1. The van der Waals surface area contributed by atoms with E-state index in [9.17, 15) is 12.8 Å². The van der Waals surface area contributed by atoms with Gasteiger partial charge in [0.25, 0.3) is 0 Å². The number of benzene rings is 1. The maximum Gasteiger partial charge on any atom is 0.244 e. The second kappa shape index (κ2) is 5.10. The molecule has 3 nitrogen and oxygen atoms in total. The van der Waals surface area contributed by atoms with Crippen LogP contribution in [0.5, 0.6) is 0 Å². The first kappa shape index (κ1) is 12.7. The molecule has 1 N–H and O–H groups in total. The third-order valence-electron chi connectivity index (χ3n) is 2.03. The monoisotopic (exact) mass is 241 g/mol. The average Bonchev–Trinajstić information content (AvgIpc) is 2.26. The van der Waals surface area contributed by atoms with Crippen LogP contribution in [0.4, 0.5) is 4.39 Å². The van der Waals surface area contributed by atoms with Crippen molar-refractivity contribution in [1.29, 1.82) is 0 Å². The molecule has 0 fully saturated rings. The van der Waals surface area contributed by atoms with E-state index < -0.39 is 21.9 Å². The summed E-state index contributed by atoms with van der Waals surface area (Å²) in [5.74, 6) is 1.49. The molecule has 0 spiro atoms. The number of hydrogen-bond acceptors (Lipinski definition) is 2. The Hall–Kier alpha value is -1.38. The fourth-order valence-corrected chi connectivity index (χ4v) is 2.47. The van der Waals surface area contributed by atoms with Crippen LogP contribution < -0.4 is 4.72 Å². The van der Waals surface area contributed by atoms with E-state index in [2.05, 4.69) is 10.6 Å². The zero-order chi connectivity index (χ0) is 12.2. The van der Waals surface area contributed by atoms with Crippen molar-refractivity contribution >= 4 is 10.0 Å². The van der Waals surface area contributed by atoms with Gasteiger partial charge in [0.1, 0.15) is 10.7 Å².